The summed E-state index contributed by atoms with van der Waals surface area (Å²) in [5.74, 6) is 0. The first kappa shape index (κ1) is 16.2. The largest absolute Gasteiger partial charge is 0.310 e. The SMILES string of the molecule is [2H]c1c([2H])c([2H])c(-c2c([2H])c([2H])c(N(c3ccc(-c4ccc5ccccc5c4)cc3)c3c([2H])c([2H])c([2H])c(-c4cccc5ccccc45)c3[2H])c([2H])c2[2H])c([2H])c1[2H]. The van der Waals surface area contributed by atoms with Crippen LogP contribution in [0, 0.1) is 0 Å². The number of hydrogen-bond acceptors (Lipinski definition) is 1. The summed E-state index contributed by atoms with van der Waals surface area (Å²) in [4.78, 5) is 1.22. The van der Waals surface area contributed by atoms with Gasteiger partial charge in [0.25, 0.3) is 0 Å². The van der Waals surface area contributed by atoms with E-state index in [0.29, 0.717) is 10.9 Å². The number of nitrogens with zero attached hydrogens (tertiary/aromatic N) is 1. The molecule has 0 atom stereocenters. The summed E-state index contributed by atoms with van der Waals surface area (Å²) in [5.41, 5.74) is 0.656. The van der Waals surface area contributed by atoms with Gasteiger partial charge in [-0.1, -0.05) is 145 Å². The van der Waals surface area contributed by atoms with Gasteiger partial charge in [-0.15, -0.1) is 0 Å². The van der Waals surface area contributed by atoms with E-state index in [2.05, 4.69) is 0 Å². The number of fused-ring (bicyclic) bond motifs is 2. The van der Waals surface area contributed by atoms with Crippen molar-refractivity contribution in [1.82, 2.24) is 0 Å². The second-order valence-electron chi connectivity index (χ2n) is 10.4. The van der Waals surface area contributed by atoms with Crippen molar-refractivity contribution in [3.63, 3.8) is 0 Å². The van der Waals surface area contributed by atoms with Crippen molar-refractivity contribution in [3.8, 4) is 33.4 Å². The Morgan fingerprint density at radius 3 is 1.87 bits per heavy atom. The minimum absolute atomic E-state index is 0.0246. The summed E-state index contributed by atoms with van der Waals surface area (Å²) in [5, 5.41) is 3.58. The van der Waals surface area contributed by atoms with Crippen molar-refractivity contribution in [2.24, 2.45) is 0 Å². The van der Waals surface area contributed by atoms with Gasteiger partial charge in [0.1, 0.15) is 0 Å². The van der Waals surface area contributed by atoms with Crippen LogP contribution in [0.15, 0.2) is 188 Å². The van der Waals surface area contributed by atoms with E-state index >= 15 is 0 Å². The molecule has 0 unspecified atom stereocenters. The third-order valence-corrected chi connectivity index (χ3v) is 7.69. The zero-order chi connectivity index (χ0) is 41.3. The van der Waals surface area contributed by atoms with Crippen molar-refractivity contribution in [2.75, 3.05) is 4.90 Å². The molecule has 8 rings (SSSR count). The molecular weight excluding hydrogens is 542 g/mol. The Kier molecular flexibility index (Phi) is 4.20. The van der Waals surface area contributed by atoms with Crippen LogP contribution in [-0.4, -0.2) is 0 Å². The molecule has 8 aromatic rings. The fraction of sp³-hybridized carbons (Fsp3) is 0. The molecule has 212 valence electrons. The highest BCUT2D eigenvalue weighted by molar-refractivity contribution is 5.97. The maximum Gasteiger partial charge on any atom is 0.0651 e. The molecular formula is C44H31N. The number of benzene rings is 8. The highest BCUT2D eigenvalue weighted by Crippen LogP contribution is 2.39. The van der Waals surface area contributed by atoms with Gasteiger partial charge in [0.15, 0.2) is 0 Å². The van der Waals surface area contributed by atoms with Gasteiger partial charge in [-0.3, -0.25) is 0 Å². The number of hydrogen-bond donors (Lipinski definition) is 0. The standard InChI is InChI=1S/C44H31N/c1-2-10-32(11-3-1)34-22-26-40(27-23-34)45(41-28-24-35(25-29-41)38-21-20-33-12-4-5-14-37(33)30-38)42-17-8-16-39(31-42)44-19-9-15-36-13-6-7-18-43(36)44/h1-31H/i1D,2D,3D,8D,10D,11D,16D,17D,22D,23D,26D,27D,31D. The van der Waals surface area contributed by atoms with Crippen LogP contribution >= 0.6 is 0 Å². The van der Waals surface area contributed by atoms with E-state index in [1.165, 1.54) is 4.90 Å². The van der Waals surface area contributed by atoms with Crippen LogP contribution in [-0.2, 0) is 0 Å². The molecule has 0 aromatic heterocycles. The summed E-state index contributed by atoms with van der Waals surface area (Å²) in [6.07, 6.45) is 0. The Hall–Kier alpha value is -5.92. The van der Waals surface area contributed by atoms with E-state index in [0.717, 1.165) is 27.3 Å². The van der Waals surface area contributed by atoms with Crippen LogP contribution < -0.4 is 4.90 Å². The molecule has 1 nitrogen and oxygen atoms in total. The van der Waals surface area contributed by atoms with Crippen molar-refractivity contribution in [1.29, 1.82) is 0 Å². The Balaban J connectivity index is 1.42. The third-order valence-electron chi connectivity index (χ3n) is 7.69. The summed E-state index contributed by atoms with van der Waals surface area (Å²) in [7, 11) is 0. The van der Waals surface area contributed by atoms with Crippen molar-refractivity contribution >= 4 is 38.6 Å². The van der Waals surface area contributed by atoms with E-state index in [1.807, 2.05) is 72.8 Å². The molecule has 0 bridgehead atoms. The first-order chi connectivity index (χ1) is 27.7. The molecule has 0 fully saturated rings. The molecule has 0 N–H and O–H groups in total. The first-order valence-corrected chi connectivity index (χ1v) is 14.4. The number of rotatable bonds is 6. The van der Waals surface area contributed by atoms with E-state index in [1.54, 1.807) is 36.4 Å². The van der Waals surface area contributed by atoms with Gasteiger partial charge in [-0.2, -0.15) is 0 Å². The van der Waals surface area contributed by atoms with E-state index < -0.39 is 83.3 Å². The molecule has 0 saturated carbocycles. The zero-order valence-electron chi connectivity index (χ0n) is 36.8. The lowest BCUT2D eigenvalue weighted by atomic mass is 9.97. The number of anilines is 3. The first-order valence-electron chi connectivity index (χ1n) is 20.9. The summed E-state index contributed by atoms with van der Waals surface area (Å²) >= 11 is 0. The minimum Gasteiger partial charge on any atom is -0.310 e. The van der Waals surface area contributed by atoms with Crippen molar-refractivity contribution in [2.45, 2.75) is 0 Å². The average Bonchev–Trinajstić information content (AvgIpc) is 3.24. The molecule has 0 spiro atoms. The van der Waals surface area contributed by atoms with Gasteiger partial charge >= 0.3 is 0 Å². The predicted molar refractivity (Wildman–Crippen MR) is 192 cm³/mol. The van der Waals surface area contributed by atoms with E-state index in [9.17, 15) is 5.48 Å². The fourth-order valence-electron chi connectivity index (χ4n) is 5.48. The van der Waals surface area contributed by atoms with Crippen LogP contribution in [0.25, 0.3) is 54.9 Å². The maximum absolute atomic E-state index is 9.68. The monoisotopic (exact) mass is 586 g/mol. The lowest BCUT2D eigenvalue weighted by molar-refractivity contribution is 1.28. The minimum atomic E-state index is -0.720. The van der Waals surface area contributed by atoms with Crippen molar-refractivity contribution in [3.05, 3.63) is 188 Å². The predicted octanol–water partition coefficient (Wildman–Crippen LogP) is 12.5. The lowest BCUT2D eigenvalue weighted by Crippen LogP contribution is -2.10. The molecule has 0 aliphatic carbocycles. The molecule has 0 aliphatic heterocycles. The molecule has 0 saturated heterocycles. The second-order valence-corrected chi connectivity index (χ2v) is 10.4. The van der Waals surface area contributed by atoms with Gasteiger partial charge < -0.3 is 4.90 Å². The highest BCUT2D eigenvalue weighted by Gasteiger charge is 2.15. The maximum atomic E-state index is 9.68. The highest BCUT2D eigenvalue weighted by atomic mass is 15.1. The van der Waals surface area contributed by atoms with E-state index in [-0.39, 0.29) is 29.0 Å². The Bertz CT molecular complexity index is 2940. The van der Waals surface area contributed by atoms with Crippen LogP contribution in [0.5, 0.6) is 0 Å². The van der Waals surface area contributed by atoms with Gasteiger partial charge in [0.2, 0.25) is 0 Å². The summed E-state index contributed by atoms with van der Waals surface area (Å²) < 4.78 is 116. The van der Waals surface area contributed by atoms with Crippen LogP contribution in [0.3, 0.4) is 0 Å². The topological polar surface area (TPSA) is 3.24 Å². The summed E-state index contributed by atoms with van der Waals surface area (Å²) in [6.45, 7) is 0. The van der Waals surface area contributed by atoms with Crippen LogP contribution in [0.1, 0.15) is 17.8 Å². The van der Waals surface area contributed by atoms with Gasteiger partial charge in [-0.05, 0) is 97.3 Å². The quantitative estimate of drug-likeness (QED) is 0.187. The van der Waals surface area contributed by atoms with E-state index in [4.69, 9.17) is 12.3 Å². The summed E-state index contributed by atoms with van der Waals surface area (Å²) in [6, 6.07) is 25.3. The lowest BCUT2D eigenvalue weighted by Gasteiger charge is -2.26. The van der Waals surface area contributed by atoms with Gasteiger partial charge in [0, 0.05) is 17.1 Å². The Morgan fingerprint density at radius 1 is 0.378 bits per heavy atom. The smallest absolute Gasteiger partial charge is 0.0651 e. The molecule has 0 aliphatic rings. The molecule has 45 heavy (non-hydrogen) atoms. The van der Waals surface area contributed by atoms with Crippen LogP contribution in [0.4, 0.5) is 17.1 Å². The average molecular weight is 587 g/mol. The molecule has 0 amide bonds. The fourth-order valence-corrected chi connectivity index (χ4v) is 5.48. The van der Waals surface area contributed by atoms with Crippen LogP contribution in [0.2, 0.25) is 0 Å². The van der Waals surface area contributed by atoms with Crippen molar-refractivity contribution < 1.29 is 17.8 Å². The molecule has 8 aromatic carbocycles. The Morgan fingerprint density at radius 2 is 1.04 bits per heavy atom. The zero-order valence-corrected chi connectivity index (χ0v) is 23.8. The Labute approximate surface area is 282 Å². The second kappa shape index (κ2) is 11.6. The van der Waals surface area contributed by atoms with Gasteiger partial charge in [-0.25, -0.2) is 0 Å². The van der Waals surface area contributed by atoms with Gasteiger partial charge in [0.05, 0.1) is 17.8 Å². The molecule has 0 heterocycles. The normalized spacial score (nSPS) is 15.2. The molecule has 1 heteroatoms. The third kappa shape index (κ3) is 5.26. The molecule has 0 radical (unpaired) electrons.